The Hall–Kier alpha value is -4.03. The summed E-state index contributed by atoms with van der Waals surface area (Å²) in [4.78, 5) is 29.7. The lowest BCUT2D eigenvalue weighted by Crippen LogP contribution is -2.48. The lowest BCUT2D eigenvalue weighted by molar-refractivity contribution is -0.126. The number of carbonyl (C=O) groups is 1. The molecule has 0 aliphatic carbocycles. The van der Waals surface area contributed by atoms with Crippen molar-refractivity contribution in [3.8, 4) is 17.6 Å². The minimum Gasteiger partial charge on any atom is -0.463 e. The summed E-state index contributed by atoms with van der Waals surface area (Å²) in [6.45, 7) is 7.41. The molecular formula is C26H25ClFN7O4. The molecule has 2 aliphatic rings. The van der Waals surface area contributed by atoms with Crippen LogP contribution in [0.4, 0.5) is 10.2 Å². The Bertz CT molecular complexity index is 1550. The fourth-order valence-electron chi connectivity index (χ4n) is 4.75. The van der Waals surface area contributed by atoms with Gasteiger partial charge >= 0.3 is 6.01 Å². The second kappa shape index (κ2) is 10.6. The number of benzene rings is 1. The smallest absolute Gasteiger partial charge is 0.319 e. The van der Waals surface area contributed by atoms with Crippen LogP contribution in [-0.4, -0.2) is 82.0 Å². The van der Waals surface area contributed by atoms with Gasteiger partial charge in [-0.3, -0.25) is 9.89 Å². The highest BCUT2D eigenvalue weighted by molar-refractivity contribution is 6.33. The number of fused-ring (bicyclic) bond motifs is 2. The molecule has 1 aromatic carbocycles. The third kappa shape index (κ3) is 4.92. The maximum absolute atomic E-state index is 14.6. The summed E-state index contributed by atoms with van der Waals surface area (Å²) in [5, 5.41) is 7.66. The fraction of sp³-hybridized carbons (Fsp3) is 0.346. The minimum atomic E-state index is -0.659. The lowest BCUT2D eigenvalue weighted by Gasteiger charge is -2.35. The average molecular weight is 554 g/mol. The summed E-state index contributed by atoms with van der Waals surface area (Å²) in [6.07, 6.45) is 5.29. The number of halogens is 2. The number of anilines is 1. The Balaban J connectivity index is 1.40. The van der Waals surface area contributed by atoms with Gasteiger partial charge in [0.05, 0.1) is 35.7 Å². The molecular weight excluding hydrogens is 529 g/mol. The number of nitrogens with zero attached hydrogens (tertiary/aromatic N) is 6. The molecule has 39 heavy (non-hydrogen) atoms. The first-order chi connectivity index (χ1) is 19.0. The van der Waals surface area contributed by atoms with Crippen LogP contribution in [0.2, 0.25) is 5.02 Å². The minimum absolute atomic E-state index is 0.0719. The van der Waals surface area contributed by atoms with E-state index in [0.717, 1.165) is 6.42 Å². The number of aromatic nitrogens is 5. The molecule has 4 aromatic rings. The molecule has 3 aromatic heterocycles. The summed E-state index contributed by atoms with van der Waals surface area (Å²) in [5.41, 5.74) is 0.805. The van der Waals surface area contributed by atoms with Crippen molar-refractivity contribution in [2.24, 2.45) is 5.92 Å². The van der Waals surface area contributed by atoms with E-state index >= 15 is 0 Å². The summed E-state index contributed by atoms with van der Waals surface area (Å²) >= 11 is 6.30. The van der Waals surface area contributed by atoms with Gasteiger partial charge in [0, 0.05) is 51.0 Å². The van der Waals surface area contributed by atoms with Crippen LogP contribution in [-0.2, 0) is 9.53 Å². The Morgan fingerprint density at radius 3 is 2.90 bits per heavy atom. The standard InChI is InChI=1S/C26H25ClFN7O4/c1-2-20(36)34-6-8-35(9-7-34)24-16-3-5-29-25(22(16)31-26(32-24)38-14-15-4-10-37-13-15)39-23-17-12-30-33-19(17)11-18(28)21(23)27/h2-3,5,11-12,15H,1,4,6-10,13-14H2,(H,30,33)/t15-/m0/s1. The van der Waals surface area contributed by atoms with E-state index in [1.165, 1.54) is 18.3 Å². The number of carbonyl (C=O) groups excluding carboxylic acids is 1. The van der Waals surface area contributed by atoms with Gasteiger partial charge in [-0.15, -0.1) is 0 Å². The molecule has 1 amide bonds. The largest absolute Gasteiger partial charge is 0.463 e. The van der Waals surface area contributed by atoms with Crippen molar-refractivity contribution in [3.05, 3.63) is 48.0 Å². The number of pyridine rings is 1. The molecule has 0 saturated carbocycles. The van der Waals surface area contributed by atoms with Gasteiger partial charge in [-0.2, -0.15) is 15.1 Å². The van der Waals surface area contributed by atoms with E-state index in [1.54, 1.807) is 17.2 Å². The van der Waals surface area contributed by atoms with Crippen molar-refractivity contribution >= 4 is 45.1 Å². The zero-order chi connectivity index (χ0) is 26.9. The van der Waals surface area contributed by atoms with E-state index in [0.29, 0.717) is 73.6 Å². The molecule has 2 fully saturated rings. The van der Waals surface area contributed by atoms with Gasteiger partial charge in [-0.05, 0) is 18.6 Å². The normalized spacial score (nSPS) is 17.6. The highest BCUT2D eigenvalue weighted by Gasteiger charge is 2.26. The molecule has 202 valence electrons. The first-order valence-corrected chi connectivity index (χ1v) is 12.9. The summed E-state index contributed by atoms with van der Waals surface area (Å²) in [7, 11) is 0. The van der Waals surface area contributed by atoms with Crippen LogP contribution in [0.15, 0.2) is 37.2 Å². The highest BCUT2D eigenvalue weighted by atomic mass is 35.5. The molecule has 13 heteroatoms. The second-order valence-electron chi connectivity index (χ2n) is 9.33. The van der Waals surface area contributed by atoms with Gasteiger partial charge in [0.2, 0.25) is 11.8 Å². The monoisotopic (exact) mass is 553 g/mol. The molecule has 2 saturated heterocycles. The van der Waals surface area contributed by atoms with E-state index in [-0.39, 0.29) is 34.5 Å². The van der Waals surface area contributed by atoms with Crippen LogP contribution < -0.4 is 14.4 Å². The van der Waals surface area contributed by atoms with Gasteiger partial charge in [-0.1, -0.05) is 18.2 Å². The third-order valence-corrected chi connectivity index (χ3v) is 7.22. The van der Waals surface area contributed by atoms with Gasteiger partial charge < -0.3 is 24.0 Å². The Kier molecular flexibility index (Phi) is 6.88. The van der Waals surface area contributed by atoms with Crippen LogP contribution in [0.5, 0.6) is 17.6 Å². The fourth-order valence-corrected chi connectivity index (χ4v) is 4.95. The summed E-state index contributed by atoms with van der Waals surface area (Å²) < 4.78 is 32.2. The van der Waals surface area contributed by atoms with Gasteiger partial charge in [-0.25, -0.2) is 9.37 Å². The molecule has 6 rings (SSSR count). The number of hydrogen-bond acceptors (Lipinski definition) is 9. The number of piperazine rings is 1. The van der Waals surface area contributed by atoms with Crippen LogP contribution in [0.1, 0.15) is 6.42 Å². The predicted octanol–water partition coefficient (Wildman–Crippen LogP) is 3.74. The molecule has 0 bridgehead atoms. The van der Waals surface area contributed by atoms with Crippen molar-refractivity contribution in [1.82, 2.24) is 30.0 Å². The molecule has 5 heterocycles. The predicted molar refractivity (Wildman–Crippen MR) is 142 cm³/mol. The number of aromatic amines is 1. The number of hydrogen-bond donors (Lipinski definition) is 1. The molecule has 2 aliphatic heterocycles. The number of ether oxygens (including phenoxy) is 3. The van der Waals surface area contributed by atoms with Crippen LogP contribution in [0, 0.1) is 11.7 Å². The topological polar surface area (TPSA) is 119 Å². The quantitative estimate of drug-likeness (QED) is 0.341. The first-order valence-electron chi connectivity index (χ1n) is 12.5. The zero-order valence-corrected chi connectivity index (χ0v) is 21.7. The number of H-pyrrole nitrogens is 1. The van der Waals surface area contributed by atoms with Gasteiger partial charge in [0.15, 0.2) is 5.75 Å². The molecule has 0 spiro atoms. The zero-order valence-electron chi connectivity index (χ0n) is 20.9. The lowest BCUT2D eigenvalue weighted by atomic mass is 10.1. The maximum atomic E-state index is 14.6. The number of nitrogens with one attached hydrogen (secondary N) is 1. The molecule has 1 N–H and O–H groups in total. The first kappa shape index (κ1) is 25.3. The van der Waals surface area contributed by atoms with Crippen molar-refractivity contribution < 1.29 is 23.4 Å². The van der Waals surface area contributed by atoms with E-state index in [1.807, 2.05) is 0 Å². The van der Waals surface area contributed by atoms with Crippen LogP contribution in [0.25, 0.3) is 21.8 Å². The second-order valence-corrected chi connectivity index (χ2v) is 9.71. The van der Waals surface area contributed by atoms with E-state index < -0.39 is 5.82 Å². The van der Waals surface area contributed by atoms with Crippen molar-refractivity contribution in [1.29, 1.82) is 0 Å². The molecule has 11 nitrogen and oxygen atoms in total. The highest BCUT2D eigenvalue weighted by Crippen LogP contribution is 2.40. The van der Waals surface area contributed by atoms with Gasteiger partial charge in [0.25, 0.3) is 0 Å². The average Bonchev–Trinajstić information content (AvgIpc) is 3.66. The summed E-state index contributed by atoms with van der Waals surface area (Å²) in [6, 6.07) is 3.20. The Morgan fingerprint density at radius 1 is 1.28 bits per heavy atom. The third-order valence-electron chi connectivity index (χ3n) is 6.87. The van der Waals surface area contributed by atoms with E-state index in [9.17, 15) is 9.18 Å². The Morgan fingerprint density at radius 2 is 2.13 bits per heavy atom. The van der Waals surface area contributed by atoms with E-state index in [4.69, 9.17) is 30.8 Å². The van der Waals surface area contributed by atoms with Crippen LogP contribution >= 0.6 is 11.6 Å². The number of amides is 1. The Labute approximate surface area is 227 Å². The van der Waals surface area contributed by atoms with Crippen molar-refractivity contribution in [2.45, 2.75) is 6.42 Å². The van der Waals surface area contributed by atoms with Crippen molar-refractivity contribution in [3.63, 3.8) is 0 Å². The summed E-state index contributed by atoms with van der Waals surface area (Å²) in [5.74, 6) is 0.278. The molecule has 0 unspecified atom stereocenters. The van der Waals surface area contributed by atoms with E-state index in [2.05, 4.69) is 31.6 Å². The molecule has 0 radical (unpaired) electrons. The molecule has 1 atom stereocenters. The number of rotatable bonds is 7. The van der Waals surface area contributed by atoms with Gasteiger partial charge in [0.1, 0.15) is 22.2 Å². The maximum Gasteiger partial charge on any atom is 0.319 e. The SMILES string of the molecule is C=CC(=O)N1CCN(c2nc(OC[C@H]3CCOC3)nc3c(Oc4c(Cl)c(F)cc5[nH]ncc45)nccc23)CC1. The van der Waals surface area contributed by atoms with Crippen LogP contribution in [0.3, 0.4) is 0 Å². The van der Waals surface area contributed by atoms with Crippen molar-refractivity contribution in [2.75, 3.05) is 50.9 Å².